The number of carbonyl (C=O) groups excluding carboxylic acids is 3. The summed E-state index contributed by atoms with van der Waals surface area (Å²) in [7, 11) is 5.91. The van der Waals surface area contributed by atoms with Crippen LogP contribution in [0.1, 0.15) is 232 Å². The van der Waals surface area contributed by atoms with E-state index in [1.165, 1.54) is 44.9 Å². The van der Waals surface area contributed by atoms with Gasteiger partial charge in [-0.25, -0.2) is 0 Å². The lowest BCUT2D eigenvalue weighted by atomic mass is 10.0. The van der Waals surface area contributed by atoms with Crippen LogP contribution in [0.3, 0.4) is 0 Å². The largest absolute Gasteiger partial charge is 0.545 e. The molecule has 0 aliphatic carbocycles. The van der Waals surface area contributed by atoms with Crippen molar-refractivity contribution in [1.82, 2.24) is 0 Å². The molecule has 2 unspecified atom stereocenters. The maximum atomic E-state index is 12.9. The zero-order valence-corrected chi connectivity index (χ0v) is 54.4. The zero-order chi connectivity index (χ0) is 61.9. The molecule has 0 heterocycles. The van der Waals surface area contributed by atoms with Gasteiger partial charge in [0.05, 0.1) is 40.3 Å². The molecule has 0 bridgehead atoms. The number of hydrogen-bond donors (Lipinski definition) is 0. The molecule has 0 aliphatic rings. The summed E-state index contributed by atoms with van der Waals surface area (Å²) in [6.07, 6.45) is 94.1. The van der Waals surface area contributed by atoms with Crippen molar-refractivity contribution in [2.75, 3.05) is 47.5 Å². The summed E-state index contributed by atoms with van der Waals surface area (Å²) < 4.78 is 22.7. The van der Waals surface area contributed by atoms with E-state index in [1.807, 2.05) is 21.1 Å². The molecule has 0 aromatic rings. The van der Waals surface area contributed by atoms with Gasteiger partial charge in [-0.2, -0.15) is 0 Å². The van der Waals surface area contributed by atoms with Crippen LogP contribution in [0, 0.1) is 0 Å². The number of carboxylic acids is 1. The van der Waals surface area contributed by atoms with Gasteiger partial charge in [-0.1, -0.05) is 261 Å². The Bertz CT molecular complexity index is 2000. The minimum Gasteiger partial charge on any atom is -0.545 e. The minimum absolute atomic E-state index is 0.133. The number of carbonyl (C=O) groups is 3. The number of carboxylic acid groups (broad SMARTS) is 1. The van der Waals surface area contributed by atoms with Gasteiger partial charge in [0.2, 0.25) is 0 Å². The van der Waals surface area contributed by atoms with Crippen LogP contribution in [0.15, 0.2) is 170 Å². The number of nitrogens with zero attached hydrogens (tertiary/aromatic N) is 1. The SMILES string of the molecule is CC/C=C\C/C=C\C/C=C\C/C=C\C/C=C\C/C=C\C/C=C\C/C=C\C/C=C\CCCCCCCC(=O)OC(COC(=O)CCCCCCCCCCCCC/C=C\C/C=C\C/C=C\C/C=C\C/C=C\CC)COC(OCC[N+](C)(C)C)C(=O)[O-]. The molecule has 2 atom stereocenters. The fraction of sp³-hybridized carbons (Fsp3) is 0.592. The summed E-state index contributed by atoms with van der Waals surface area (Å²) in [6.45, 7) is 4.47. The standard InChI is InChI=1S/C76H121NO8/c1-6-8-10-12-14-16-18-20-22-24-26-28-30-32-34-35-36-37-38-39-41-43-45-47-49-51-53-55-57-59-61-63-65-67-74(79)85-72(71-84-76(75(80)81)82-69-68-77(3,4)5)70-83-73(78)66-64-62-60-58-56-54-52-50-48-46-44-42-40-33-31-29-27-25-23-21-19-17-15-13-11-9-7-2/h8-11,14-17,20-23,26-29,32-34,36-37,39-41,45,47,51,53,72,76H,6-7,12-13,18-19,24-25,30-31,35,38,42-44,46,48-50,52,54-71H2,1-5H3/b10-8-,11-9-,16-14-,17-15-,22-20-,23-21-,28-26-,29-27-,34-32-,37-36-,40-33-,41-39-,47-45-,53-51-. The Hall–Kier alpha value is -5.35. The lowest BCUT2D eigenvalue weighted by molar-refractivity contribution is -0.870. The van der Waals surface area contributed by atoms with Crippen LogP contribution in [0.2, 0.25) is 0 Å². The molecule has 9 heteroatoms. The predicted molar refractivity (Wildman–Crippen MR) is 361 cm³/mol. The van der Waals surface area contributed by atoms with E-state index in [0.717, 1.165) is 154 Å². The maximum Gasteiger partial charge on any atom is 0.306 e. The highest BCUT2D eigenvalue weighted by atomic mass is 16.7. The summed E-state index contributed by atoms with van der Waals surface area (Å²) in [5, 5.41) is 11.8. The third-order valence-electron chi connectivity index (χ3n) is 13.5. The molecule has 478 valence electrons. The van der Waals surface area contributed by atoms with Crippen molar-refractivity contribution in [3.63, 3.8) is 0 Å². The van der Waals surface area contributed by atoms with Crippen molar-refractivity contribution in [2.24, 2.45) is 0 Å². The highest BCUT2D eigenvalue weighted by Crippen LogP contribution is 2.15. The summed E-state index contributed by atoms with van der Waals surface area (Å²) >= 11 is 0. The smallest absolute Gasteiger partial charge is 0.306 e. The molecule has 85 heavy (non-hydrogen) atoms. The second kappa shape index (κ2) is 64.6. The van der Waals surface area contributed by atoms with E-state index in [4.69, 9.17) is 18.9 Å². The van der Waals surface area contributed by atoms with Crippen molar-refractivity contribution >= 4 is 17.9 Å². The first kappa shape index (κ1) is 79.7. The molecule has 0 saturated heterocycles. The molecular formula is C76H121NO8. The fourth-order valence-electron chi connectivity index (χ4n) is 8.44. The third-order valence-corrected chi connectivity index (χ3v) is 13.5. The Balaban J connectivity index is 4.28. The third kappa shape index (κ3) is 66.0. The van der Waals surface area contributed by atoms with E-state index in [9.17, 15) is 19.5 Å². The topological polar surface area (TPSA) is 111 Å². The normalized spacial score (nSPS) is 13.8. The molecule has 0 amide bonds. The Labute approximate surface area is 520 Å². The number of unbranched alkanes of at least 4 members (excludes halogenated alkanes) is 16. The number of hydrogen-bond acceptors (Lipinski definition) is 8. The molecule has 9 nitrogen and oxygen atoms in total. The highest BCUT2D eigenvalue weighted by Gasteiger charge is 2.22. The van der Waals surface area contributed by atoms with Crippen molar-refractivity contribution in [1.29, 1.82) is 0 Å². The van der Waals surface area contributed by atoms with Gasteiger partial charge in [0.15, 0.2) is 12.4 Å². The monoisotopic (exact) mass is 1180 g/mol. The van der Waals surface area contributed by atoms with Crippen LogP contribution in [0.4, 0.5) is 0 Å². The molecule has 0 fully saturated rings. The first-order chi connectivity index (χ1) is 41.6. The quantitative estimate of drug-likeness (QED) is 0.0195. The molecule has 0 saturated carbocycles. The van der Waals surface area contributed by atoms with Gasteiger partial charge in [0.1, 0.15) is 13.2 Å². The first-order valence-corrected chi connectivity index (χ1v) is 33.3. The van der Waals surface area contributed by atoms with Crippen molar-refractivity contribution in [3.05, 3.63) is 170 Å². The fourth-order valence-corrected chi connectivity index (χ4v) is 8.44. The van der Waals surface area contributed by atoms with Gasteiger partial charge in [-0.3, -0.25) is 9.59 Å². The number of allylic oxidation sites excluding steroid dienone is 28. The number of likely N-dealkylation sites (N-methyl/N-ethyl adjacent to an activating group) is 1. The Kier molecular flexibility index (Phi) is 60.6. The van der Waals surface area contributed by atoms with E-state index in [0.29, 0.717) is 17.4 Å². The van der Waals surface area contributed by atoms with Crippen LogP contribution in [0.25, 0.3) is 0 Å². The predicted octanol–water partition coefficient (Wildman–Crippen LogP) is 19.3. The molecule has 0 aromatic carbocycles. The average Bonchev–Trinajstić information content (AvgIpc) is 3.49. The zero-order valence-electron chi connectivity index (χ0n) is 54.4. The number of aliphatic carboxylic acids is 1. The maximum absolute atomic E-state index is 12.9. The van der Waals surface area contributed by atoms with Crippen molar-refractivity contribution in [3.8, 4) is 0 Å². The van der Waals surface area contributed by atoms with Gasteiger partial charge >= 0.3 is 11.9 Å². The molecule has 0 radical (unpaired) electrons. The van der Waals surface area contributed by atoms with E-state index in [2.05, 4.69) is 184 Å². The summed E-state index contributed by atoms with van der Waals surface area (Å²) in [4.78, 5) is 37.5. The number of esters is 2. The van der Waals surface area contributed by atoms with Gasteiger partial charge in [-0.05, 0) is 128 Å². The Morgan fingerprint density at radius 1 is 0.353 bits per heavy atom. The summed E-state index contributed by atoms with van der Waals surface area (Å²) in [5.41, 5.74) is 0. The molecule has 0 aliphatic heterocycles. The first-order valence-electron chi connectivity index (χ1n) is 33.3. The van der Waals surface area contributed by atoms with E-state index >= 15 is 0 Å². The van der Waals surface area contributed by atoms with Crippen LogP contribution in [-0.2, 0) is 33.3 Å². The van der Waals surface area contributed by atoms with Gasteiger partial charge in [0.25, 0.3) is 0 Å². The molecule has 0 rings (SSSR count). The molecule has 0 aromatic heterocycles. The lowest BCUT2D eigenvalue weighted by Gasteiger charge is -2.26. The van der Waals surface area contributed by atoms with Crippen LogP contribution < -0.4 is 5.11 Å². The lowest BCUT2D eigenvalue weighted by Crippen LogP contribution is -2.44. The number of rotatable bonds is 59. The number of quaternary nitrogens is 1. The molecule has 0 spiro atoms. The second-order valence-corrected chi connectivity index (χ2v) is 22.6. The van der Waals surface area contributed by atoms with E-state index in [1.54, 1.807) is 0 Å². The Morgan fingerprint density at radius 2 is 0.635 bits per heavy atom. The number of ether oxygens (including phenoxy) is 4. The van der Waals surface area contributed by atoms with Gasteiger partial charge in [0, 0.05) is 12.8 Å². The minimum atomic E-state index is -1.64. The molecular weight excluding hydrogens is 1050 g/mol. The van der Waals surface area contributed by atoms with Gasteiger partial charge in [-0.15, -0.1) is 0 Å². The van der Waals surface area contributed by atoms with Crippen molar-refractivity contribution < 1.29 is 42.9 Å². The van der Waals surface area contributed by atoms with Crippen LogP contribution >= 0.6 is 0 Å². The second-order valence-electron chi connectivity index (χ2n) is 22.6. The van der Waals surface area contributed by atoms with Gasteiger partial charge < -0.3 is 33.3 Å². The summed E-state index contributed by atoms with van der Waals surface area (Å²) in [5.74, 6) is -2.33. The average molecular weight is 1180 g/mol. The van der Waals surface area contributed by atoms with E-state index < -0.39 is 24.3 Å². The van der Waals surface area contributed by atoms with Crippen LogP contribution in [0.5, 0.6) is 0 Å². The molecule has 0 N–H and O–H groups in total. The van der Waals surface area contributed by atoms with Crippen LogP contribution in [-0.4, -0.2) is 82.3 Å². The summed E-state index contributed by atoms with van der Waals surface area (Å²) in [6, 6.07) is 0. The highest BCUT2D eigenvalue weighted by molar-refractivity contribution is 5.70. The Morgan fingerprint density at radius 3 is 0.941 bits per heavy atom. The van der Waals surface area contributed by atoms with E-state index in [-0.39, 0.29) is 38.6 Å². The van der Waals surface area contributed by atoms with Crippen molar-refractivity contribution in [2.45, 2.75) is 245 Å².